The molecule has 3 aromatic rings. The molecule has 0 bridgehead atoms. The summed E-state index contributed by atoms with van der Waals surface area (Å²) in [5.41, 5.74) is 5.05. The fourth-order valence-electron chi connectivity index (χ4n) is 8.61. The number of esters is 2. The number of halogens is 3. The van der Waals surface area contributed by atoms with Gasteiger partial charge in [0.15, 0.2) is 0 Å². The SMILES string of the molecule is C.C#CC.CB(C)C.CCOC(=O)C(C)(C)C1(N)CC1.CCOC(=O)C(C)(C)C1(NC(=O)C(C)Cc2ccc(OC)c(Cl)c2)CC1.COc1ccc(CC(C)C(=O)NC2(C(C)(C)C(=O)O)CC2)cc1Cl.COc1ccc(CC(C)C(=O)O)cc1Cl.[B]. The highest BCUT2D eigenvalue weighted by molar-refractivity contribution is 6.54. The molecule has 6 N–H and O–H groups in total. The Morgan fingerprint density at radius 2 is 0.884 bits per heavy atom. The van der Waals surface area contributed by atoms with Crippen molar-refractivity contribution in [2.75, 3.05) is 34.5 Å². The van der Waals surface area contributed by atoms with E-state index in [1.807, 2.05) is 72.7 Å². The third-order valence-corrected chi connectivity index (χ3v) is 16.2. The van der Waals surface area contributed by atoms with Gasteiger partial charge in [0, 0.05) is 25.8 Å². The number of hydrogen-bond donors (Lipinski definition) is 5. The van der Waals surface area contributed by atoms with Gasteiger partial charge >= 0.3 is 23.9 Å². The van der Waals surface area contributed by atoms with E-state index in [9.17, 15) is 33.9 Å². The van der Waals surface area contributed by atoms with Gasteiger partial charge in [0.05, 0.1) is 82.9 Å². The molecule has 3 aromatic carbocycles. The van der Waals surface area contributed by atoms with Gasteiger partial charge in [0.25, 0.3) is 0 Å². The average Bonchev–Trinajstić information content (AvgIpc) is 1.82. The predicted molar refractivity (Wildman–Crippen MR) is 349 cm³/mol. The predicted octanol–water partition coefficient (Wildman–Crippen LogP) is 13.0. The van der Waals surface area contributed by atoms with Crippen LogP contribution in [0, 0.1) is 46.3 Å². The number of carbonyl (C=O) groups is 6. The van der Waals surface area contributed by atoms with Crippen LogP contribution in [0.25, 0.3) is 0 Å². The molecular formula is C65H99B2Cl3N3O13. The molecule has 0 heterocycles. The number of terminal acetylenes is 1. The van der Waals surface area contributed by atoms with E-state index < -0.39 is 45.2 Å². The fraction of sp³-hybridized carbons (Fsp3) is 0.600. The molecule has 3 fully saturated rings. The molecule has 2 amide bonds. The first-order chi connectivity index (χ1) is 38.9. The Labute approximate surface area is 531 Å². The van der Waals surface area contributed by atoms with Crippen LogP contribution in [-0.4, -0.2) is 112 Å². The minimum Gasteiger partial charge on any atom is -0.495 e. The number of methoxy groups -OCH3 is 3. The second-order valence-corrected chi connectivity index (χ2v) is 25.2. The summed E-state index contributed by atoms with van der Waals surface area (Å²) in [5.74, 6) is 0.789. The van der Waals surface area contributed by atoms with Gasteiger partial charge in [-0.15, -0.1) is 12.3 Å². The van der Waals surface area contributed by atoms with Crippen molar-refractivity contribution in [2.24, 2.45) is 39.7 Å². The largest absolute Gasteiger partial charge is 0.495 e. The average molecular weight is 1260 g/mol. The standard InChI is InChI=1S/C20H28ClNO4.C18H24ClNO4.C11H13ClO3.C9H17NO2.C3H9B.C3H4.CH4.B/c1-6-26-18(24)19(3,4)20(9-10-20)22-17(23)13(2)11-14-7-8-16(25-5)15(21)12-14;1-11(9-12-5-6-14(24-4)13(19)10-12)15(21)20-18(7-8-18)17(2,3)16(22)23;1-7(11(13)14)5-8-3-4-10(15-2)9(12)6-8;1-4-12-7(11)8(2,3)9(10)5-6-9;1-4(2)3;1-3-2;;/h7-8,12-13H,6,9-11H2,1-5H3,(H,22,23);5-6,10-11H,7-9H2,1-4H3,(H,20,21)(H,22,23);3-4,6-7H,5H2,1-2H3,(H,13,14);4-6,10H2,1-3H3;1-3H3;1H,2H3;1H4;. The number of carboxylic acid groups (broad SMARTS) is 2. The van der Waals surface area contributed by atoms with Crippen molar-refractivity contribution in [1.82, 2.24) is 10.6 Å². The third-order valence-electron chi connectivity index (χ3n) is 15.3. The highest BCUT2D eigenvalue weighted by atomic mass is 35.5. The van der Waals surface area contributed by atoms with Crippen molar-refractivity contribution in [3.05, 3.63) is 86.4 Å². The second kappa shape index (κ2) is 36.6. The molecule has 16 nitrogen and oxygen atoms in total. The van der Waals surface area contributed by atoms with Crippen LogP contribution in [0.4, 0.5) is 0 Å². The van der Waals surface area contributed by atoms with Crippen molar-refractivity contribution in [3.8, 4) is 29.6 Å². The molecule has 6 rings (SSSR count). The van der Waals surface area contributed by atoms with Gasteiger partial charge < -0.3 is 50.3 Å². The van der Waals surface area contributed by atoms with E-state index in [0.29, 0.717) is 77.6 Å². The van der Waals surface area contributed by atoms with Gasteiger partial charge in [-0.1, -0.05) is 102 Å². The zero-order chi connectivity index (χ0) is 64.8. The molecule has 3 saturated carbocycles. The Kier molecular flexibility index (Phi) is 35.1. The number of ether oxygens (including phenoxy) is 5. The summed E-state index contributed by atoms with van der Waals surface area (Å²) in [7, 11) is 4.66. The molecule has 3 unspecified atom stereocenters. The van der Waals surface area contributed by atoms with Crippen LogP contribution in [0.2, 0.25) is 35.5 Å². The van der Waals surface area contributed by atoms with Crippen molar-refractivity contribution < 1.29 is 62.7 Å². The maximum Gasteiger partial charge on any atom is 0.313 e. The molecule has 0 aromatic heterocycles. The molecule has 3 aliphatic rings. The number of carbonyl (C=O) groups excluding carboxylic acids is 4. The van der Waals surface area contributed by atoms with Crippen LogP contribution < -0.4 is 30.6 Å². The molecule has 0 spiro atoms. The summed E-state index contributed by atoms with van der Waals surface area (Å²) < 4.78 is 25.4. The van der Waals surface area contributed by atoms with E-state index in [-0.39, 0.29) is 57.0 Å². The highest BCUT2D eigenvalue weighted by Crippen LogP contribution is 2.52. The van der Waals surface area contributed by atoms with Crippen molar-refractivity contribution in [1.29, 1.82) is 0 Å². The smallest absolute Gasteiger partial charge is 0.313 e. The molecule has 86 heavy (non-hydrogen) atoms. The Hall–Kier alpha value is -5.60. The first kappa shape index (κ1) is 82.5. The van der Waals surface area contributed by atoms with E-state index in [4.69, 9.17) is 69.3 Å². The number of nitrogens with one attached hydrogen (secondary N) is 2. The normalized spacial score (nSPS) is 15.1. The van der Waals surface area contributed by atoms with Gasteiger partial charge in [0.2, 0.25) is 11.8 Å². The Morgan fingerprint density at radius 1 is 0.605 bits per heavy atom. The minimum absolute atomic E-state index is 0. The molecular weight excluding hydrogens is 1160 g/mol. The summed E-state index contributed by atoms with van der Waals surface area (Å²) in [6.07, 6.45) is 11.0. The zero-order valence-corrected chi connectivity index (χ0v) is 55.8. The van der Waals surface area contributed by atoms with Crippen LogP contribution in [0.3, 0.4) is 0 Å². The molecule has 0 saturated heterocycles. The topological polar surface area (TPSA) is 239 Å². The Bertz CT molecular complexity index is 2720. The van der Waals surface area contributed by atoms with Crippen LogP contribution >= 0.6 is 34.8 Å². The van der Waals surface area contributed by atoms with Crippen LogP contribution in [0.1, 0.15) is 146 Å². The van der Waals surface area contributed by atoms with Gasteiger partial charge in [-0.25, -0.2) is 0 Å². The summed E-state index contributed by atoms with van der Waals surface area (Å²) >= 11 is 18.2. The van der Waals surface area contributed by atoms with E-state index in [1.54, 1.807) is 86.3 Å². The molecule has 21 heteroatoms. The lowest BCUT2D eigenvalue weighted by Crippen LogP contribution is -2.53. The van der Waals surface area contributed by atoms with Crippen molar-refractivity contribution in [3.63, 3.8) is 0 Å². The molecule has 479 valence electrons. The molecule has 3 aliphatic carbocycles. The molecule has 3 atom stereocenters. The first-order valence-corrected chi connectivity index (χ1v) is 29.6. The second-order valence-electron chi connectivity index (χ2n) is 24.0. The number of benzene rings is 3. The van der Waals surface area contributed by atoms with Gasteiger partial charge in [0.1, 0.15) is 24.0 Å². The maximum atomic E-state index is 12.7. The number of nitrogens with two attached hydrogens (primary N) is 1. The van der Waals surface area contributed by atoms with Gasteiger partial charge in [-0.05, 0) is 173 Å². The van der Waals surface area contributed by atoms with Crippen molar-refractivity contribution in [2.45, 2.75) is 185 Å². The maximum absolute atomic E-state index is 12.7. The number of rotatable bonds is 22. The third kappa shape index (κ3) is 24.2. The Morgan fingerprint density at radius 3 is 1.12 bits per heavy atom. The van der Waals surface area contributed by atoms with E-state index in [0.717, 1.165) is 49.1 Å². The fourth-order valence-corrected chi connectivity index (χ4v) is 9.45. The first-order valence-electron chi connectivity index (χ1n) is 28.5. The zero-order valence-electron chi connectivity index (χ0n) is 53.5. The number of amides is 2. The van der Waals surface area contributed by atoms with Crippen LogP contribution in [0.15, 0.2) is 54.6 Å². The summed E-state index contributed by atoms with van der Waals surface area (Å²) in [4.78, 5) is 71.1. The summed E-state index contributed by atoms with van der Waals surface area (Å²) in [6.45, 7) is 29.4. The Balaban J connectivity index is 0. The number of aliphatic carboxylic acids is 2. The monoisotopic (exact) mass is 1260 g/mol. The number of carboxylic acids is 2. The summed E-state index contributed by atoms with van der Waals surface area (Å²) in [5, 5.41) is 25.8. The summed E-state index contributed by atoms with van der Waals surface area (Å²) in [6, 6.07) is 16.3. The van der Waals surface area contributed by atoms with Crippen molar-refractivity contribution >= 4 is 85.6 Å². The number of hydrogen-bond acceptors (Lipinski definition) is 12. The van der Waals surface area contributed by atoms with Crippen LogP contribution in [0.5, 0.6) is 17.2 Å². The van der Waals surface area contributed by atoms with Crippen LogP contribution in [-0.2, 0) is 57.5 Å². The molecule has 3 radical (unpaired) electrons. The lowest BCUT2D eigenvalue weighted by Gasteiger charge is -2.34. The highest BCUT2D eigenvalue weighted by Gasteiger charge is 2.61. The quantitative estimate of drug-likeness (QED) is 0.0357. The molecule has 0 aliphatic heterocycles. The van der Waals surface area contributed by atoms with Gasteiger partial charge in [-0.3, -0.25) is 28.8 Å². The lowest BCUT2D eigenvalue weighted by atomic mass is 9.58. The minimum atomic E-state index is -0.980. The lowest BCUT2D eigenvalue weighted by molar-refractivity contribution is -0.157. The van der Waals surface area contributed by atoms with E-state index >= 15 is 0 Å². The van der Waals surface area contributed by atoms with Gasteiger partial charge in [-0.2, -0.15) is 0 Å². The van der Waals surface area contributed by atoms with E-state index in [1.165, 1.54) is 0 Å². The van der Waals surface area contributed by atoms with E-state index in [2.05, 4.69) is 43.4 Å².